The Labute approximate surface area is 166 Å². The number of hydrogen-bond donors (Lipinski definition) is 0. The maximum atomic E-state index is 12.8. The van der Waals surface area contributed by atoms with Gasteiger partial charge in [-0.15, -0.1) is 0 Å². The highest BCUT2D eigenvalue weighted by molar-refractivity contribution is 5.99. The lowest BCUT2D eigenvalue weighted by Crippen LogP contribution is -2.48. The Bertz CT molecular complexity index is 877. The van der Waals surface area contributed by atoms with Crippen LogP contribution in [0.2, 0.25) is 0 Å². The minimum Gasteiger partial charge on any atom is -0.336 e. The minimum atomic E-state index is 0.0940. The monoisotopic (exact) mass is 380 g/mol. The molecule has 28 heavy (non-hydrogen) atoms. The zero-order valence-corrected chi connectivity index (χ0v) is 16.8. The third kappa shape index (κ3) is 3.49. The van der Waals surface area contributed by atoms with Crippen molar-refractivity contribution in [1.29, 1.82) is 0 Å². The number of piperazine rings is 1. The first-order chi connectivity index (χ1) is 13.6. The Morgan fingerprint density at radius 2 is 1.79 bits per heavy atom. The molecule has 0 unspecified atom stereocenters. The summed E-state index contributed by atoms with van der Waals surface area (Å²) in [7, 11) is 0. The second kappa shape index (κ2) is 7.87. The molecule has 6 nitrogen and oxygen atoms in total. The summed E-state index contributed by atoms with van der Waals surface area (Å²) < 4.78 is 1.87. The zero-order valence-electron chi connectivity index (χ0n) is 16.8. The van der Waals surface area contributed by atoms with Gasteiger partial charge in [0.15, 0.2) is 5.78 Å². The van der Waals surface area contributed by atoms with Crippen molar-refractivity contribution in [3.8, 4) is 5.69 Å². The van der Waals surface area contributed by atoms with E-state index in [4.69, 9.17) is 0 Å². The molecule has 1 amide bonds. The summed E-state index contributed by atoms with van der Waals surface area (Å²) in [5.41, 5.74) is 4.20. The van der Waals surface area contributed by atoms with Crippen LogP contribution >= 0.6 is 0 Å². The van der Waals surface area contributed by atoms with Crippen LogP contribution in [0.4, 0.5) is 0 Å². The Morgan fingerprint density at radius 3 is 2.46 bits per heavy atom. The fourth-order valence-electron chi connectivity index (χ4n) is 4.34. The fraction of sp³-hybridized carbons (Fsp3) is 0.500. The smallest absolute Gasteiger partial charge is 0.253 e. The van der Waals surface area contributed by atoms with Crippen molar-refractivity contribution in [1.82, 2.24) is 19.6 Å². The van der Waals surface area contributed by atoms with Crippen molar-refractivity contribution in [2.75, 3.05) is 32.7 Å². The number of fused-ring (bicyclic) bond motifs is 1. The largest absolute Gasteiger partial charge is 0.336 e. The van der Waals surface area contributed by atoms with Crippen molar-refractivity contribution in [2.45, 2.75) is 39.5 Å². The number of aromatic nitrogens is 2. The molecular weight excluding hydrogens is 352 g/mol. The number of nitrogens with zero attached hydrogens (tertiary/aromatic N) is 4. The molecule has 4 rings (SSSR count). The van der Waals surface area contributed by atoms with Gasteiger partial charge in [-0.1, -0.05) is 6.92 Å². The van der Waals surface area contributed by atoms with Crippen molar-refractivity contribution < 1.29 is 9.59 Å². The third-order valence-corrected chi connectivity index (χ3v) is 5.81. The molecule has 0 N–H and O–H groups in total. The number of ketones is 1. The SMILES string of the molecule is CCCN1CCN(C(=O)c2ccc(-n3nc(C)c4c3CCCC4=O)cc2)CC1. The average molecular weight is 380 g/mol. The maximum Gasteiger partial charge on any atom is 0.253 e. The predicted octanol–water partition coefficient (Wildman–Crippen LogP) is 2.87. The molecule has 1 aromatic heterocycles. The van der Waals surface area contributed by atoms with Crippen molar-refractivity contribution in [3.63, 3.8) is 0 Å². The summed E-state index contributed by atoms with van der Waals surface area (Å²) in [6.45, 7) is 8.66. The Morgan fingerprint density at radius 1 is 1.07 bits per heavy atom. The molecular formula is C22H28N4O2. The predicted molar refractivity (Wildman–Crippen MR) is 108 cm³/mol. The molecule has 0 saturated carbocycles. The molecule has 1 saturated heterocycles. The first-order valence-corrected chi connectivity index (χ1v) is 10.3. The summed E-state index contributed by atoms with van der Waals surface area (Å²) in [5, 5.41) is 4.60. The zero-order chi connectivity index (χ0) is 19.7. The molecule has 0 atom stereocenters. The van der Waals surface area contributed by atoms with E-state index in [1.54, 1.807) is 0 Å². The first kappa shape index (κ1) is 18.9. The standard InChI is InChI=1S/C22H28N4O2/c1-3-11-24-12-14-25(15-13-24)22(28)17-7-9-18(10-8-17)26-19-5-4-6-20(27)21(19)16(2)23-26/h7-10H,3-6,11-15H2,1-2H3. The third-order valence-electron chi connectivity index (χ3n) is 5.81. The summed E-state index contributed by atoms with van der Waals surface area (Å²) >= 11 is 0. The number of carbonyl (C=O) groups excluding carboxylic acids is 2. The number of benzene rings is 1. The van der Waals surface area contributed by atoms with Crippen molar-refractivity contribution >= 4 is 11.7 Å². The molecule has 2 aliphatic rings. The molecule has 1 aliphatic heterocycles. The van der Waals surface area contributed by atoms with Crippen LogP contribution in [0.15, 0.2) is 24.3 Å². The van der Waals surface area contributed by atoms with Crippen LogP contribution in [0, 0.1) is 6.92 Å². The fourth-order valence-corrected chi connectivity index (χ4v) is 4.34. The van der Waals surface area contributed by atoms with Gasteiger partial charge >= 0.3 is 0 Å². The van der Waals surface area contributed by atoms with Crippen molar-refractivity contribution in [3.05, 3.63) is 46.8 Å². The summed E-state index contributed by atoms with van der Waals surface area (Å²) in [6, 6.07) is 7.63. The van der Waals surface area contributed by atoms with Gasteiger partial charge < -0.3 is 4.90 Å². The maximum absolute atomic E-state index is 12.8. The molecule has 1 aliphatic carbocycles. The highest BCUT2D eigenvalue weighted by Gasteiger charge is 2.26. The minimum absolute atomic E-state index is 0.0940. The number of rotatable bonds is 4. The normalized spacial score (nSPS) is 17.6. The molecule has 0 spiro atoms. The summed E-state index contributed by atoms with van der Waals surface area (Å²) in [6.07, 6.45) is 3.50. The number of aryl methyl sites for hydroxylation is 1. The quantitative estimate of drug-likeness (QED) is 0.818. The molecule has 0 radical (unpaired) electrons. The van der Waals surface area contributed by atoms with E-state index in [2.05, 4.69) is 16.9 Å². The van der Waals surface area contributed by atoms with Gasteiger partial charge in [-0.3, -0.25) is 14.5 Å². The average Bonchev–Trinajstić information content (AvgIpc) is 3.06. The van der Waals surface area contributed by atoms with Gasteiger partial charge in [0.1, 0.15) is 0 Å². The van der Waals surface area contributed by atoms with E-state index in [1.165, 1.54) is 0 Å². The van der Waals surface area contributed by atoms with Gasteiger partial charge in [-0.05, 0) is 57.0 Å². The summed E-state index contributed by atoms with van der Waals surface area (Å²) in [4.78, 5) is 29.4. The van der Waals surface area contributed by atoms with Crippen LogP contribution in [0.5, 0.6) is 0 Å². The van der Waals surface area contributed by atoms with E-state index in [-0.39, 0.29) is 11.7 Å². The van der Waals surface area contributed by atoms with Crippen LogP contribution in [0.1, 0.15) is 58.3 Å². The highest BCUT2D eigenvalue weighted by Crippen LogP contribution is 2.26. The first-order valence-electron chi connectivity index (χ1n) is 10.3. The van der Waals surface area contributed by atoms with Gasteiger partial charge in [0.05, 0.1) is 22.6 Å². The van der Waals surface area contributed by atoms with Crippen LogP contribution in [-0.2, 0) is 6.42 Å². The Balaban J connectivity index is 1.50. The summed E-state index contributed by atoms with van der Waals surface area (Å²) in [5.74, 6) is 0.288. The van der Waals surface area contributed by atoms with E-state index in [0.717, 1.165) is 74.6 Å². The lowest BCUT2D eigenvalue weighted by atomic mass is 9.94. The van der Waals surface area contributed by atoms with E-state index in [1.807, 2.05) is 40.8 Å². The molecule has 1 aromatic carbocycles. The van der Waals surface area contributed by atoms with E-state index in [0.29, 0.717) is 12.0 Å². The van der Waals surface area contributed by atoms with Gasteiger partial charge in [0.2, 0.25) is 0 Å². The Hall–Kier alpha value is -2.47. The van der Waals surface area contributed by atoms with Gasteiger partial charge in [-0.2, -0.15) is 5.10 Å². The molecule has 0 bridgehead atoms. The topological polar surface area (TPSA) is 58.4 Å². The van der Waals surface area contributed by atoms with Crippen molar-refractivity contribution in [2.24, 2.45) is 0 Å². The number of Topliss-reactive ketones (excluding diaryl/α,β-unsaturated/α-hetero) is 1. The number of hydrogen-bond acceptors (Lipinski definition) is 4. The highest BCUT2D eigenvalue weighted by atomic mass is 16.2. The lowest BCUT2D eigenvalue weighted by Gasteiger charge is -2.34. The van der Waals surface area contributed by atoms with Gasteiger partial charge in [0.25, 0.3) is 5.91 Å². The second-order valence-electron chi connectivity index (χ2n) is 7.78. The van der Waals surface area contributed by atoms with Gasteiger partial charge in [0, 0.05) is 38.2 Å². The van der Waals surface area contributed by atoms with Crippen LogP contribution in [0.25, 0.3) is 5.69 Å². The molecule has 2 heterocycles. The molecule has 1 fully saturated rings. The molecule has 6 heteroatoms. The molecule has 148 valence electrons. The molecule has 2 aromatic rings. The Kier molecular flexibility index (Phi) is 5.31. The number of carbonyl (C=O) groups is 2. The second-order valence-corrected chi connectivity index (χ2v) is 7.78. The number of amides is 1. The van der Waals surface area contributed by atoms with E-state index < -0.39 is 0 Å². The van der Waals surface area contributed by atoms with Gasteiger partial charge in [-0.25, -0.2) is 4.68 Å². The van der Waals surface area contributed by atoms with Crippen LogP contribution < -0.4 is 0 Å². The van der Waals surface area contributed by atoms with Crippen LogP contribution in [0.3, 0.4) is 0 Å². The van der Waals surface area contributed by atoms with Crippen LogP contribution in [-0.4, -0.2) is 64.0 Å². The van der Waals surface area contributed by atoms with E-state index in [9.17, 15) is 9.59 Å². The lowest BCUT2D eigenvalue weighted by molar-refractivity contribution is 0.0637. The van der Waals surface area contributed by atoms with E-state index >= 15 is 0 Å².